The number of methoxy groups -OCH3 is 1. The van der Waals surface area contributed by atoms with Crippen molar-refractivity contribution >= 4 is 35.5 Å². The Kier molecular flexibility index (Phi) is 5.76. The number of benzene rings is 1. The summed E-state index contributed by atoms with van der Waals surface area (Å²) in [4.78, 5) is 0.983. The van der Waals surface area contributed by atoms with Crippen LogP contribution in [0.15, 0.2) is 42.5 Å². The van der Waals surface area contributed by atoms with E-state index >= 15 is 0 Å². The summed E-state index contributed by atoms with van der Waals surface area (Å²) in [7, 11) is 1.58. The van der Waals surface area contributed by atoms with Crippen molar-refractivity contribution in [1.82, 2.24) is 14.2 Å². The van der Waals surface area contributed by atoms with Crippen molar-refractivity contribution < 1.29 is 4.74 Å². The summed E-state index contributed by atoms with van der Waals surface area (Å²) in [6.07, 6.45) is 0. The lowest BCUT2D eigenvalue weighted by Gasteiger charge is -2.07. The van der Waals surface area contributed by atoms with E-state index in [4.69, 9.17) is 21.7 Å². The molecule has 0 fully saturated rings. The first-order valence-electron chi connectivity index (χ1n) is 6.54. The summed E-state index contributed by atoms with van der Waals surface area (Å²) in [6, 6.07) is 12.9. The molecule has 1 aromatic carbocycles. The summed E-state index contributed by atoms with van der Waals surface area (Å²) in [5.74, 6) is 0.584. The summed E-state index contributed by atoms with van der Waals surface area (Å²) in [5, 5.41) is 13.2. The molecule has 23 heavy (non-hydrogen) atoms. The average Bonchev–Trinajstić information content (AvgIpc) is 2.98. The standard InChI is InChI=1S/C15H13ClN4OS.ClH/c1-21-15-8-12(22-19-15)9-20-14(17)7-6-13(18-20)10-2-4-11(16)5-3-10;/h2-8,17H,9H2,1H3;1H. The third kappa shape index (κ3) is 4.10. The number of nitrogens with one attached hydrogen (secondary N) is 1. The maximum Gasteiger partial charge on any atom is 0.225 e. The van der Waals surface area contributed by atoms with E-state index in [1.165, 1.54) is 11.5 Å². The van der Waals surface area contributed by atoms with Crippen molar-refractivity contribution in [3.8, 4) is 17.1 Å². The first-order valence-corrected chi connectivity index (χ1v) is 7.69. The molecule has 0 spiro atoms. The molecule has 8 heteroatoms. The predicted octanol–water partition coefficient (Wildman–Crippen LogP) is 3.62. The number of rotatable bonds is 4. The molecule has 1 N–H and O–H groups in total. The van der Waals surface area contributed by atoms with Crippen molar-refractivity contribution in [2.75, 3.05) is 7.11 Å². The first-order chi connectivity index (χ1) is 10.7. The Hall–Kier alpha value is -1.89. The smallest absolute Gasteiger partial charge is 0.225 e. The van der Waals surface area contributed by atoms with Gasteiger partial charge in [-0.2, -0.15) is 9.47 Å². The fourth-order valence-electron chi connectivity index (χ4n) is 1.97. The van der Waals surface area contributed by atoms with Gasteiger partial charge in [-0.3, -0.25) is 5.41 Å². The largest absolute Gasteiger partial charge is 0.480 e. The maximum absolute atomic E-state index is 8.00. The molecule has 0 unspecified atom stereocenters. The molecular weight excluding hydrogens is 355 g/mol. The van der Waals surface area contributed by atoms with Crippen molar-refractivity contribution in [3.63, 3.8) is 0 Å². The molecule has 0 bridgehead atoms. The second-order valence-electron chi connectivity index (χ2n) is 4.60. The van der Waals surface area contributed by atoms with Gasteiger partial charge in [0.2, 0.25) is 5.88 Å². The van der Waals surface area contributed by atoms with Crippen LogP contribution in [0.1, 0.15) is 4.88 Å². The second kappa shape index (κ2) is 7.59. The summed E-state index contributed by atoms with van der Waals surface area (Å²) in [6.45, 7) is 0.487. The van der Waals surface area contributed by atoms with Crippen LogP contribution in [0.3, 0.4) is 0 Å². The third-order valence-corrected chi connectivity index (χ3v) is 4.10. The quantitative estimate of drug-likeness (QED) is 0.764. The van der Waals surface area contributed by atoms with Crippen molar-refractivity contribution in [2.24, 2.45) is 0 Å². The molecule has 0 aliphatic heterocycles. The van der Waals surface area contributed by atoms with Crippen LogP contribution in [0.4, 0.5) is 0 Å². The molecule has 2 heterocycles. The highest BCUT2D eigenvalue weighted by molar-refractivity contribution is 7.05. The lowest BCUT2D eigenvalue weighted by atomic mass is 10.1. The lowest BCUT2D eigenvalue weighted by Crippen LogP contribution is -2.22. The van der Waals surface area contributed by atoms with E-state index in [9.17, 15) is 0 Å². The minimum atomic E-state index is 0. The lowest BCUT2D eigenvalue weighted by molar-refractivity contribution is 0.402. The van der Waals surface area contributed by atoms with Crippen LogP contribution in [0, 0.1) is 5.41 Å². The average molecular weight is 369 g/mol. The maximum atomic E-state index is 8.00. The van der Waals surface area contributed by atoms with E-state index in [2.05, 4.69) is 9.47 Å². The van der Waals surface area contributed by atoms with Gasteiger partial charge in [-0.05, 0) is 35.8 Å². The Balaban J connectivity index is 0.00000192. The Morgan fingerprint density at radius 2 is 1.96 bits per heavy atom. The summed E-state index contributed by atoms with van der Waals surface area (Å²) in [5.41, 5.74) is 2.09. The molecule has 0 amide bonds. The van der Waals surface area contributed by atoms with Crippen molar-refractivity contribution in [1.29, 1.82) is 5.41 Å². The number of nitrogens with zero attached hydrogens (tertiary/aromatic N) is 3. The molecule has 5 nitrogen and oxygen atoms in total. The highest BCUT2D eigenvalue weighted by atomic mass is 35.5. The van der Waals surface area contributed by atoms with Crippen LogP contribution < -0.4 is 10.2 Å². The van der Waals surface area contributed by atoms with E-state index in [0.717, 1.165) is 16.1 Å². The van der Waals surface area contributed by atoms with E-state index in [1.807, 2.05) is 36.4 Å². The Bertz CT molecular complexity index is 845. The van der Waals surface area contributed by atoms with Gasteiger partial charge in [-0.1, -0.05) is 23.7 Å². The van der Waals surface area contributed by atoms with Gasteiger partial charge >= 0.3 is 0 Å². The Morgan fingerprint density at radius 1 is 1.22 bits per heavy atom. The van der Waals surface area contributed by atoms with Gasteiger partial charge in [0.1, 0.15) is 5.49 Å². The van der Waals surface area contributed by atoms with Gasteiger partial charge in [-0.25, -0.2) is 4.68 Å². The molecule has 3 aromatic rings. The van der Waals surface area contributed by atoms with Gasteiger partial charge in [0.05, 0.1) is 24.2 Å². The number of ether oxygens (including phenoxy) is 1. The van der Waals surface area contributed by atoms with E-state index < -0.39 is 0 Å². The van der Waals surface area contributed by atoms with E-state index in [1.54, 1.807) is 17.9 Å². The van der Waals surface area contributed by atoms with E-state index in [-0.39, 0.29) is 12.4 Å². The van der Waals surface area contributed by atoms with E-state index in [0.29, 0.717) is 22.9 Å². The third-order valence-electron chi connectivity index (χ3n) is 3.10. The number of aromatic nitrogens is 3. The zero-order chi connectivity index (χ0) is 15.5. The van der Waals surface area contributed by atoms with Crippen LogP contribution in [0.25, 0.3) is 11.3 Å². The van der Waals surface area contributed by atoms with Crippen molar-refractivity contribution in [3.05, 3.63) is 57.9 Å². The highest BCUT2D eigenvalue weighted by Crippen LogP contribution is 2.19. The molecule has 0 radical (unpaired) electrons. The van der Waals surface area contributed by atoms with Gasteiger partial charge in [0.25, 0.3) is 0 Å². The molecular formula is C15H14Cl2N4OS. The summed E-state index contributed by atoms with van der Waals surface area (Å²) < 4.78 is 10.9. The van der Waals surface area contributed by atoms with Crippen LogP contribution in [0.5, 0.6) is 5.88 Å². The van der Waals surface area contributed by atoms with Crippen LogP contribution >= 0.6 is 35.5 Å². The number of halogens is 2. The minimum absolute atomic E-state index is 0. The zero-order valence-corrected chi connectivity index (χ0v) is 14.6. The predicted molar refractivity (Wildman–Crippen MR) is 93.5 cm³/mol. The van der Waals surface area contributed by atoms with Gasteiger partial charge in [0, 0.05) is 16.7 Å². The van der Waals surface area contributed by atoms with Crippen LogP contribution in [-0.2, 0) is 6.54 Å². The van der Waals surface area contributed by atoms with Crippen LogP contribution in [-0.4, -0.2) is 21.3 Å². The van der Waals surface area contributed by atoms with Crippen LogP contribution in [0.2, 0.25) is 5.02 Å². The molecule has 0 saturated carbocycles. The fraction of sp³-hybridized carbons (Fsp3) is 0.133. The second-order valence-corrected chi connectivity index (χ2v) is 5.93. The minimum Gasteiger partial charge on any atom is -0.480 e. The topological polar surface area (TPSA) is 63.8 Å². The molecule has 0 atom stereocenters. The molecule has 0 aliphatic carbocycles. The first kappa shape index (κ1) is 17.5. The van der Waals surface area contributed by atoms with Crippen molar-refractivity contribution in [2.45, 2.75) is 6.54 Å². The SMILES string of the molecule is COc1cc(Cn2nc(-c3ccc(Cl)cc3)ccc2=N)sn1.Cl. The Labute approximate surface area is 148 Å². The Morgan fingerprint density at radius 3 is 2.61 bits per heavy atom. The molecule has 0 saturated heterocycles. The zero-order valence-electron chi connectivity index (χ0n) is 12.2. The number of hydrogen-bond acceptors (Lipinski definition) is 5. The van der Waals surface area contributed by atoms with Gasteiger partial charge in [0.15, 0.2) is 0 Å². The monoisotopic (exact) mass is 368 g/mol. The normalized spacial score (nSPS) is 10.2. The molecule has 3 rings (SSSR count). The number of hydrogen-bond donors (Lipinski definition) is 1. The summed E-state index contributed by atoms with van der Waals surface area (Å²) >= 11 is 7.25. The molecule has 0 aliphatic rings. The highest BCUT2D eigenvalue weighted by Gasteiger charge is 2.06. The van der Waals surface area contributed by atoms with Gasteiger partial charge in [-0.15, -0.1) is 12.4 Å². The van der Waals surface area contributed by atoms with Gasteiger partial charge < -0.3 is 4.74 Å². The fourth-order valence-corrected chi connectivity index (χ4v) is 2.76. The molecule has 2 aromatic heterocycles. The molecule has 120 valence electrons.